The SMILES string of the molecule is O=c1[nH]c2c(S(=O)(=O)c3ccc4ccn(CCC5C(F)(F)C(F)(F)C5(F)F)c4c3)ccc(Cl)c2c(=O)n1O. The van der Waals surface area contributed by atoms with Crippen molar-refractivity contribution in [2.75, 3.05) is 0 Å². The first kappa shape index (κ1) is 26.2. The van der Waals surface area contributed by atoms with Crippen LogP contribution in [0.2, 0.25) is 5.02 Å². The molecule has 8 nitrogen and oxygen atoms in total. The molecule has 38 heavy (non-hydrogen) atoms. The third-order valence-electron chi connectivity index (χ3n) is 6.66. The molecule has 202 valence electrons. The molecular weight excluding hydrogens is 568 g/mol. The average molecular weight is 582 g/mol. The largest absolute Gasteiger partial charge is 0.421 e. The van der Waals surface area contributed by atoms with E-state index >= 15 is 0 Å². The molecule has 2 N–H and O–H groups in total. The van der Waals surface area contributed by atoms with Crippen LogP contribution in [0.3, 0.4) is 0 Å². The highest BCUT2D eigenvalue weighted by atomic mass is 35.5. The van der Waals surface area contributed by atoms with Crippen molar-refractivity contribution < 1.29 is 40.0 Å². The third kappa shape index (κ3) is 3.33. The number of sulfone groups is 1. The van der Waals surface area contributed by atoms with Crippen LogP contribution in [0.1, 0.15) is 6.42 Å². The highest BCUT2D eigenvalue weighted by Crippen LogP contribution is 2.65. The molecule has 0 bridgehead atoms. The summed E-state index contributed by atoms with van der Waals surface area (Å²) in [4.78, 5) is 25.4. The minimum absolute atomic E-state index is 0.105. The van der Waals surface area contributed by atoms with Crippen LogP contribution in [0, 0.1) is 5.92 Å². The number of hydrogen-bond donors (Lipinski definition) is 2. The molecule has 1 fully saturated rings. The number of rotatable bonds is 5. The molecule has 0 unspecified atom stereocenters. The van der Waals surface area contributed by atoms with Gasteiger partial charge in [0.15, 0.2) is 0 Å². The minimum atomic E-state index is -5.47. The van der Waals surface area contributed by atoms with Crippen LogP contribution in [0.15, 0.2) is 62.0 Å². The van der Waals surface area contributed by atoms with Crippen LogP contribution in [0.25, 0.3) is 21.8 Å². The lowest BCUT2D eigenvalue weighted by Gasteiger charge is -2.50. The smallest absolute Gasteiger partial charge is 0.372 e. The van der Waals surface area contributed by atoms with Crippen LogP contribution >= 0.6 is 11.6 Å². The van der Waals surface area contributed by atoms with E-state index in [0.717, 1.165) is 18.2 Å². The van der Waals surface area contributed by atoms with E-state index in [9.17, 15) is 49.6 Å². The Morgan fingerprint density at radius 2 is 1.66 bits per heavy atom. The molecule has 0 aliphatic heterocycles. The zero-order chi connectivity index (χ0) is 28.0. The summed E-state index contributed by atoms with van der Waals surface area (Å²) in [6.45, 7) is -0.549. The van der Waals surface area contributed by atoms with Gasteiger partial charge in [0.2, 0.25) is 9.84 Å². The normalized spacial score (nSPS) is 18.6. The van der Waals surface area contributed by atoms with Crippen molar-refractivity contribution in [3.8, 4) is 0 Å². The van der Waals surface area contributed by atoms with Gasteiger partial charge >= 0.3 is 23.5 Å². The van der Waals surface area contributed by atoms with Gasteiger partial charge in [0.25, 0.3) is 5.56 Å². The minimum Gasteiger partial charge on any atom is -0.421 e. The Morgan fingerprint density at radius 1 is 1.00 bits per heavy atom. The summed E-state index contributed by atoms with van der Waals surface area (Å²) >= 11 is 5.98. The van der Waals surface area contributed by atoms with E-state index in [-0.39, 0.29) is 15.3 Å². The molecule has 0 atom stereocenters. The molecule has 0 radical (unpaired) electrons. The van der Waals surface area contributed by atoms with Crippen molar-refractivity contribution in [3.63, 3.8) is 0 Å². The Morgan fingerprint density at radius 3 is 2.32 bits per heavy atom. The average Bonchev–Trinajstić information content (AvgIpc) is 3.24. The van der Waals surface area contributed by atoms with Crippen molar-refractivity contribution in [2.45, 2.75) is 40.5 Å². The molecule has 2 heterocycles. The fourth-order valence-corrected chi connectivity index (χ4v) is 6.24. The van der Waals surface area contributed by atoms with E-state index < -0.39 is 78.4 Å². The van der Waals surface area contributed by atoms with E-state index in [4.69, 9.17) is 11.6 Å². The van der Waals surface area contributed by atoms with Gasteiger partial charge in [-0.05, 0) is 42.1 Å². The molecule has 1 saturated carbocycles. The van der Waals surface area contributed by atoms with Gasteiger partial charge < -0.3 is 14.8 Å². The Kier molecular flexibility index (Phi) is 5.52. The molecule has 0 spiro atoms. The van der Waals surface area contributed by atoms with Gasteiger partial charge in [-0.25, -0.2) is 13.2 Å². The van der Waals surface area contributed by atoms with Gasteiger partial charge in [0.1, 0.15) is 5.92 Å². The van der Waals surface area contributed by atoms with E-state index in [2.05, 4.69) is 4.98 Å². The first-order valence-electron chi connectivity index (χ1n) is 10.7. The molecular formula is C22H14ClF6N3O5S. The second-order valence-electron chi connectivity index (χ2n) is 8.74. The topological polar surface area (TPSA) is 114 Å². The van der Waals surface area contributed by atoms with Crippen LogP contribution in [-0.2, 0) is 16.4 Å². The zero-order valence-electron chi connectivity index (χ0n) is 18.6. The maximum absolute atomic E-state index is 13.7. The molecule has 0 amide bonds. The predicted molar refractivity (Wildman–Crippen MR) is 121 cm³/mol. The van der Waals surface area contributed by atoms with E-state index in [1.807, 2.05) is 0 Å². The molecule has 1 aliphatic rings. The van der Waals surface area contributed by atoms with Gasteiger partial charge in [-0.3, -0.25) is 4.79 Å². The molecule has 1 aliphatic carbocycles. The first-order valence-corrected chi connectivity index (χ1v) is 12.5. The summed E-state index contributed by atoms with van der Waals surface area (Å²) in [5.74, 6) is -18.2. The van der Waals surface area contributed by atoms with Gasteiger partial charge in [0, 0.05) is 18.3 Å². The maximum Gasteiger partial charge on any atom is 0.372 e. The van der Waals surface area contributed by atoms with Crippen molar-refractivity contribution in [1.82, 2.24) is 14.3 Å². The number of fused-ring (bicyclic) bond motifs is 2. The van der Waals surface area contributed by atoms with Crippen molar-refractivity contribution >= 4 is 43.2 Å². The van der Waals surface area contributed by atoms with Crippen LogP contribution in [0.4, 0.5) is 26.3 Å². The fourth-order valence-electron chi connectivity index (χ4n) is 4.57. The van der Waals surface area contributed by atoms with E-state index in [1.165, 1.54) is 29.0 Å². The fraction of sp³-hybridized carbons (Fsp3) is 0.273. The lowest BCUT2D eigenvalue weighted by molar-refractivity contribution is -0.436. The highest BCUT2D eigenvalue weighted by Gasteiger charge is 2.89. The molecule has 0 saturated heterocycles. The highest BCUT2D eigenvalue weighted by molar-refractivity contribution is 7.91. The summed E-state index contributed by atoms with van der Waals surface area (Å²) in [7, 11) is -4.50. The lowest BCUT2D eigenvalue weighted by atomic mass is 9.70. The van der Waals surface area contributed by atoms with Gasteiger partial charge in [-0.15, -0.1) is 0 Å². The summed E-state index contributed by atoms with van der Waals surface area (Å²) in [6, 6.07) is 7.12. The number of aromatic amines is 1. The quantitative estimate of drug-likeness (QED) is 0.270. The molecule has 5 rings (SSSR count). The van der Waals surface area contributed by atoms with Gasteiger partial charge in [-0.1, -0.05) is 22.4 Å². The lowest BCUT2D eigenvalue weighted by Crippen LogP contribution is -2.74. The van der Waals surface area contributed by atoms with E-state index in [1.54, 1.807) is 0 Å². The number of nitrogens with zero attached hydrogens (tertiary/aromatic N) is 2. The second kappa shape index (κ2) is 8.02. The number of hydrogen-bond acceptors (Lipinski definition) is 5. The van der Waals surface area contributed by atoms with E-state index in [0.29, 0.717) is 5.39 Å². The number of benzene rings is 2. The van der Waals surface area contributed by atoms with Crippen LogP contribution in [0.5, 0.6) is 0 Å². The first-order chi connectivity index (χ1) is 17.5. The monoisotopic (exact) mass is 581 g/mol. The van der Waals surface area contributed by atoms with Gasteiger partial charge in [-0.2, -0.15) is 26.3 Å². The number of H-pyrrole nitrogens is 1. The molecule has 16 heteroatoms. The Hall–Kier alpha value is -3.46. The number of aryl methyl sites for hydroxylation is 1. The summed E-state index contributed by atoms with van der Waals surface area (Å²) in [5.41, 5.74) is -2.98. The number of nitrogens with one attached hydrogen (secondary N) is 1. The number of aromatic nitrogens is 3. The number of halogens is 7. The van der Waals surface area contributed by atoms with Crippen LogP contribution < -0.4 is 11.2 Å². The number of alkyl halides is 6. The Balaban J connectivity index is 1.56. The summed E-state index contributed by atoms with van der Waals surface area (Å²) in [6.07, 6.45) is 0.278. The zero-order valence-corrected chi connectivity index (χ0v) is 20.1. The standard InChI is InChI=1S/C22H14ClF6N3O5S/c23-12-3-4-14(17-16(12)18(33)32(35)19(34)30-17)38(36,37)11-2-1-10-5-7-31(13(10)9-11)8-6-15-20(24,25)22(28,29)21(15,26)27/h1-5,7,9,15,35H,6,8H2,(H,30,34). The molecule has 2 aromatic heterocycles. The third-order valence-corrected chi connectivity index (χ3v) is 8.77. The summed E-state index contributed by atoms with van der Waals surface area (Å²) < 4.78 is 109. The second-order valence-corrected chi connectivity index (χ2v) is 11.1. The Labute approximate surface area is 212 Å². The predicted octanol–water partition coefficient (Wildman–Crippen LogP) is 4.29. The molecule has 4 aromatic rings. The van der Waals surface area contributed by atoms with Crippen LogP contribution in [-0.4, -0.2) is 45.7 Å². The van der Waals surface area contributed by atoms with Crippen molar-refractivity contribution in [1.29, 1.82) is 0 Å². The Bertz CT molecular complexity index is 1850. The van der Waals surface area contributed by atoms with Crippen molar-refractivity contribution in [2.24, 2.45) is 5.92 Å². The molecule has 2 aromatic carbocycles. The summed E-state index contributed by atoms with van der Waals surface area (Å²) in [5, 5.41) is 9.22. The van der Waals surface area contributed by atoms with Gasteiger partial charge in [0.05, 0.1) is 25.7 Å². The van der Waals surface area contributed by atoms with Crippen molar-refractivity contribution in [3.05, 3.63) is 68.5 Å². The maximum atomic E-state index is 13.7.